The number of carbonyl (C=O) groups is 2. The van der Waals surface area contributed by atoms with E-state index in [9.17, 15) is 9.59 Å². The van der Waals surface area contributed by atoms with E-state index in [-0.39, 0.29) is 17.5 Å². The quantitative estimate of drug-likeness (QED) is 0.858. The van der Waals surface area contributed by atoms with Crippen LogP contribution in [0.4, 0.5) is 5.69 Å². The van der Waals surface area contributed by atoms with Crippen molar-refractivity contribution in [3.8, 4) is 0 Å². The van der Waals surface area contributed by atoms with Crippen LogP contribution in [0.15, 0.2) is 47.1 Å². The topological polar surface area (TPSA) is 71.1 Å². The molecule has 0 aliphatic rings. The molecule has 0 aliphatic heterocycles. The Hall–Kier alpha value is -2.21. The molecule has 0 aliphatic carbocycles. The molecule has 0 unspecified atom stereocenters. The summed E-state index contributed by atoms with van der Waals surface area (Å²) < 4.78 is 0.790. The first-order valence-electron chi connectivity index (χ1n) is 6.92. The summed E-state index contributed by atoms with van der Waals surface area (Å²) >= 11 is 3.37. The van der Waals surface area contributed by atoms with Gasteiger partial charge in [-0.2, -0.15) is 0 Å². The van der Waals surface area contributed by atoms with Gasteiger partial charge in [-0.1, -0.05) is 19.1 Å². The number of carbonyl (C=O) groups excluding carboxylic acids is 2. The molecule has 0 radical (unpaired) electrons. The molecule has 5 nitrogen and oxygen atoms in total. The molecule has 0 bridgehead atoms. The molecule has 0 fully saturated rings. The second kappa shape index (κ2) is 7.70. The van der Waals surface area contributed by atoms with Crippen molar-refractivity contribution in [3.63, 3.8) is 0 Å². The van der Waals surface area contributed by atoms with Crippen molar-refractivity contribution in [2.45, 2.75) is 13.3 Å². The summed E-state index contributed by atoms with van der Waals surface area (Å²) in [6.07, 6.45) is 2.30. The Labute approximate surface area is 137 Å². The summed E-state index contributed by atoms with van der Waals surface area (Å²) in [6.45, 7) is 2.54. The maximum Gasteiger partial charge on any atom is 0.269 e. The zero-order valence-electron chi connectivity index (χ0n) is 12.1. The van der Waals surface area contributed by atoms with Gasteiger partial charge in [-0.25, -0.2) is 0 Å². The van der Waals surface area contributed by atoms with Crippen molar-refractivity contribution >= 4 is 33.4 Å². The molecule has 2 aromatic rings. The third kappa shape index (κ3) is 4.14. The van der Waals surface area contributed by atoms with Crippen LogP contribution < -0.4 is 10.6 Å². The van der Waals surface area contributed by atoms with E-state index >= 15 is 0 Å². The third-order valence-corrected chi connectivity index (χ3v) is 3.60. The van der Waals surface area contributed by atoms with E-state index < -0.39 is 0 Å². The molecule has 22 heavy (non-hydrogen) atoms. The number of para-hydroxylation sites is 1. The number of benzene rings is 1. The zero-order valence-corrected chi connectivity index (χ0v) is 13.7. The molecule has 0 saturated carbocycles. The van der Waals surface area contributed by atoms with Crippen LogP contribution in [0, 0.1) is 0 Å². The van der Waals surface area contributed by atoms with Crippen LogP contribution in [0.2, 0.25) is 0 Å². The lowest BCUT2D eigenvalue weighted by molar-refractivity contribution is 0.0948. The molecule has 2 rings (SSSR count). The molecule has 6 heteroatoms. The van der Waals surface area contributed by atoms with Gasteiger partial charge >= 0.3 is 0 Å². The van der Waals surface area contributed by atoms with Crippen molar-refractivity contribution in [2.24, 2.45) is 0 Å². The molecule has 0 atom stereocenters. The predicted octanol–water partition coefficient (Wildman–Crippen LogP) is 3.24. The number of hydrogen-bond acceptors (Lipinski definition) is 3. The van der Waals surface area contributed by atoms with E-state index in [0.717, 1.165) is 10.9 Å². The van der Waals surface area contributed by atoms with E-state index in [1.54, 1.807) is 12.1 Å². The lowest BCUT2D eigenvalue weighted by Gasteiger charge is -2.08. The lowest BCUT2D eigenvalue weighted by Crippen LogP contribution is -2.25. The second-order valence-corrected chi connectivity index (χ2v) is 5.47. The summed E-state index contributed by atoms with van der Waals surface area (Å²) in [5, 5.41) is 5.52. The molecule has 2 N–H and O–H groups in total. The summed E-state index contributed by atoms with van der Waals surface area (Å²) in [5.74, 6) is -0.573. The highest BCUT2D eigenvalue weighted by Crippen LogP contribution is 2.21. The molecule has 1 aromatic carbocycles. The number of aromatic nitrogens is 1. The fraction of sp³-hybridized carbons (Fsp3) is 0.188. The molecule has 1 heterocycles. The standard InChI is InChI=1S/C16H16BrN3O2/c1-2-8-19-16(22)14-10-11(7-9-18-14)15(21)20-13-6-4-3-5-12(13)17/h3-7,9-10H,2,8H2,1H3,(H,19,22)(H,20,21). The van der Waals surface area contributed by atoms with Gasteiger partial charge < -0.3 is 10.6 Å². The van der Waals surface area contributed by atoms with Crippen LogP contribution in [-0.4, -0.2) is 23.3 Å². The molecule has 114 valence electrons. The minimum Gasteiger partial charge on any atom is -0.351 e. The lowest BCUT2D eigenvalue weighted by atomic mass is 10.2. The number of nitrogens with zero attached hydrogens (tertiary/aromatic N) is 1. The fourth-order valence-corrected chi connectivity index (χ4v) is 2.17. The van der Waals surface area contributed by atoms with Crippen LogP contribution in [0.1, 0.15) is 34.2 Å². The van der Waals surface area contributed by atoms with Crippen LogP contribution >= 0.6 is 15.9 Å². The predicted molar refractivity (Wildman–Crippen MR) is 89.0 cm³/mol. The summed E-state index contributed by atoms with van der Waals surface area (Å²) in [4.78, 5) is 28.1. The molecule has 1 aromatic heterocycles. The van der Waals surface area contributed by atoms with Gasteiger partial charge in [0.05, 0.1) is 5.69 Å². The van der Waals surface area contributed by atoms with Crippen molar-refractivity contribution in [1.82, 2.24) is 10.3 Å². The van der Waals surface area contributed by atoms with Crippen LogP contribution in [-0.2, 0) is 0 Å². The van der Waals surface area contributed by atoms with Gasteiger partial charge in [-0.3, -0.25) is 14.6 Å². The van der Waals surface area contributed by atoms with Crippen molar-refractivity contribution in [3.05, 3.63) is 58.3 Å². The Bertz CT molecular complexity index is 689. The van der Waals surface area contributed by atoms with E-state index in [0.29, 0.717) is 17.8 Å². The molecule has 2 amide bonds. The van der Waals surface area contributed by atoms with Gasteiger partial charge in [-0.15, -0.1) is 0 Å². The largest absolute Gasteiger partial charge is 0.351 e. The highest BCUT2D eigenvalue weighted by molar-refractivity contribution is 9.10. The Kier molecular flexibility index (Phi) is 5.66. The number of hydrogen-bond donors (Lipinski definition) is 2. The summed E-state index contributed by atoms with van der Waals surface area (Å²) in [6, 6.07) is 10.4. The zero-order chi connectivity index (χ0) is 15.9. The minimum atomic E-state index is -0.293. The maximum absolute atomic E-state index is 12.3. The number of pyridine rings is 1. The summed E-state index contributed by atoms with van der Waals surface area (Å²) in [7, 11) is 0. The Balaban J connectivity index is 2.13. The monoisotopic (exact) mass is 361 g/mol. The molecular formula is C16H16BrN3O2. The number of nitrogens with one attached hydrogen (secondary N) is 2. The van der Waals surface area contributed by atoms with Crippen LogP contribution in [0.3, 0.4) is 0 Å². The third-order valence-electron chi connectivity index (χ3n) is 2.91. The maximum atomic E-state index is 12.3. The highest BCUT2D eigenvalue weighted by Gasteiger charge is 2.12. The van der Waals surface area contributed by atoms with Gasteiger partial charge in [0.1, 0.15) is 5.69 Å². The number of halogens is 1. The average molecular weight is 362 g/mol. The number of rotatable bonds is 5. The first-order valence-corrected chi connectivity index (χ1v) is 7.71. The van der Waals surface area contributed by atoms with E-state index in [4.69, 9.17) is 0 Å². The smallest absolute Gasteiger partial charge is 0.269 e. The molecular weight excluding hydrogens is 346 g/mol. The molecule has 0 saturated heterocycles. The van der Waals surface area contributed by atoms with E-state index in [1.807, 2.05) is 25.1 Å². The Morgan fingerprint density at radius 2 is 1.95 bits per heavy atom. The number of anilines is 1. The second-order valence-electron chi connectivity index (χ2n) is 4.62. The van der Waals surface area contributed by atoms with Gasteiger partial charge in [0, 0.05) is 22.8 Å². The van der Waals surface area contributed by atoms with Crippen molar-refractivity contribution in [2.75, 3.05) is 11.9 Å². The van der Waals surface area contributed by atoms with Crippen molar-refractivity contribution in [1.29, 1.82) is 0 Å². The molecule has 0 spiro atoms. The fourth-order valence-electron chi connectivity index (χ4n) is 1.78. The SMILES string of the molecule is CCCNC(=O)c1cc(C(=O)Nc2ccccc2Br)ccn1. The first-order chi connectivity index (χ1) is 10.6. The average Bonchev–Trinajstić information content (AvgIpc) is 2.54. The highest BCUT2D eigenvalue weighted by atomic mass is 79.9. The first kappa shape index (κ1) is 16.2. The van der Waals surface area contributed by atoms with Crippen molar-refractivity contribution < 1.29 is 9.59 Å². The Morgan fingerprint density at radius 1 is 1.18 bits per heavy atom. The normalized spacial score (nSPS) is 10.1. The summed E-state index contributed by atoms with van der Waals surface area (Å²) in [5.41, 5.74) is 1.28. The van der Waals surface area contributed by atoms with E-state index in [2.05, 4.69) is 31.5 Å². The minimum absolute atomic E-state index is 0.230. The Morgan fingerprint density at radius 3 is 2.68 bits per heavy atom. The van der Waals surface area contributed by atoms with Crippen LogP contribution in [0.25, 0.3) is 0 Å². The van der Waals surface area contributed by atoms with Gasteiger partial charge in [-0.05, 0) is 46.6 Å². The van der Waals surface area contributed by atoms with Crippen LogP contribution in [0.5, 0.6) is 0 Å². The van der Waals surface area contributed by atoms with Gasteiger partial charge in [0.25, 0.3) is 11.8 Å². The van der Waals surface area contributed by atoms with Gasteiger partial charge in [0.15, 0.2) is 0 Å². The number of amides is 2. The van der Waals surface area contributed by atoms with E-state index in [1.165, 1.54) is 12.3 Å². The van der Waals surface area contributed by atoms with Gasteiger partial charge in [0.2, 0.25) is 0 Å².